The summed E-state index contributed by atoms with van der Waals surface area (Å²) in [6, 6.07) is 5.07. The van der Waals surface area contributed by atoms with Gasteiger partial charge in [-0.2, -0.15) is 0 Å². The molecule has 1 N–H and O–H groups in total. The molecule has 0 bridgehead atoms. The average molecular weight is 307 g/mol. The lowest BCUT2D eigenvalue weighted by Gasteiger charge is -2.35. The summed E-state index contributed by atoms with van der Waals surface area (Å²) >= 11 is 6.20. The second-order valence-corrected chi connectivity index (χ2v) is 5.16. The molecule has 0 saturated carbocycles. The van der Waals surface area contributed by atoms with Gasteiger partial charge in [0.1, 0.15) is 5.82 Å². The van der Waals surface area contributed by atoms with E-state index in [1.54, 1.807) is 0 Å². The number of piperazine rings is 1. The fraction of sp³-hybridized carbons (Fsp3) is 0.571. The molecular formula is C14H21Cl2FN2. The maximum atomic E-state index is 13.1. The normalized spacial score (nSPS) is 17.8. The van der Waals surface area contributed by atoms with Crippen LogP contribution in [0.3, 0.4) is 0 Å². The van der Waals surface area contributed by atoms with Crippen LogP contribution in [-0.4, -0.2) is 31.1 Å². The molecule has 0 aromatic heterocycles. The minimum absolute atomic E-state index is 0. The van der Waals surface area contributed by atoms with E-state index in [9.17, 15) is 4.39 Å². The summed E-state index contributed by atoms with van der Waals surface area (Å²) in [6.07, 6.45) is 2.16. The zero-order valence-electron chi connectivity index (χ0n) is 11.2. The van der Waals surface area contributed by atoms with E-state index in [0.717, 1.165) is 44.6 Å². The van der Waals surface area contributed by atoms with Crippen LogP contribution >= 0.6 is 24.0 Å². The number of halogens is 3. The van der Waals surface area contributed by atoms with Gasteiger partial charge in [-0.1, -0.05) is 31.0 Å². The average Bonchev–Trinajstić information content (AvgIpc) is 2.38. The van der Waals surface area contributed by atoms with Crippen molar-refractivity contribution in [3.63, 3.8) is 0 Å². The highest BCUT2D eigenvalue weighted by Gasteiger charge is 2.23. The van der Waals surface area contributed by atoms with Crippen LogP contribution in [0.5, 0.6) is 0 Å². The molecule has 0 amide bonds. The summed E-state index contributed by atoms with van der Waals surface area (Å²) in [5, 5.41) is 3.90. The summed E-state index contributed by atoms with van der Waals surface area (Å²) < 4.78 is 13.1. The molecule has 108 valence electrons. The van der Waals surface area contributed by atoms with Crippen molar-refractivity contribution >= 4 is 24.0 Å². The first-order valence-electron chi connectivity index (χ1n) is 6.62. The van der Waals surface area contributed by atoms with Crippen LogP contribution < -0.4 is 5.32 Å². The van der Waals surface area contributed by atoms with E-state index in [0.29, 0.717) is 11.1 Å². The van der Waals surface area contributed by atoms with Crippen molar-refractivity contribution in [2.24, 2.45) is 0 Å². The summed E-state index contributed by atoms with van der Waals surface area (Å²) in [4.78, 5) is 2.44. The molecule has 1 atom stereocenters. The first kappa shape index (κ1) is 16.7. The lowest BCUT2D eigenvalue weighted by Crippen LogP contribution is -2.45. The predicted octanol–water partition coefficient (Wildman–Crippen LogP) is 3.65. The molecule has 1 aromatic carbocycles. The second-order valence-electron chi connectivity index (χ2n) is 4.76. The summed E-state index contributed by atoms with van der Waals surface area (Å²) in [7, 11) is 0. The third-order valence-corrected chi connectivity index (χ3v) is 3.80. The Balaban J connectivity index is 0.00000180. The van der Waals surface area contributed by atoms with Gasteiger partial charge in [0.2, 0.25) is 0 Å². The molecule has 19 heavy (non-hydrogen) atoms. The van der Waals surface area contributed by atoms with E-state index >= 15 is 0 Å². The molecule has 0 spiro atoms. The third kappa shape index (κ3) is 4.32. The topological polar surface area (TPSA) is 15.3 Å². The van der Waals surface area contributed by atoms with Crippen molar-refractivity contribution in [3.05, 3.63) is 34.6 Å². The van der Waals surface area contributed by atoms with Crippen molar-refractivity contribution in [2.75, 3.05) is 26.2 Å². The van der Waals surface area contributed by atoms with Gasteiger partial charge in [-0.25, -0.2) is 4.39 Å². The van der Waals surface area contributed by atoms with E-state index < -0.39 is 0 Å². The first-order chi connectivity index (χ1) is 8.72. The van der Waals surface area contributed by atoms with Gasteiger partial charge in [0.15, 0.2) is 0 Å². The summed E-state index contributed by atoms with van der Waals surface area (Å²) in [6.45, 7) is 6.25. The fourth-order valence-corrected chi connectivity index (χ4v) is 2.87. The molecule has 1 fully saturated rings. The van der Waals surface area contributed by atoms with Gasteiger partial charge in [0.25, 0.3) is 0 Å². The molecular weight excluding hydrogens is 286 g/mol. The fourth-order valence-electron chi connectivity index (χ4n) is 2.57. The Hall–Kier alpha value is -0.350. The van der Waals surface area contributed by atoms with E-state index in [1.165, 1.54) is 12.1 Å². The number of benzene rings is 1. The van der Waals surface area contributed by atoms with Crippen LogP contribution in [0.1, 0.15) is 31.4 Å². The molecule has 0 aliphatic carbocycles. The van der Waals surface area contributed by atoms with E-state index in [1.807, 2.05) is 6.07 Å². The maximum Gasteiger partial charge on any atom is 0.124 e. The maximum absolute atomic E-state index is 13.1. The van der Waals surface area contributed by atoms with E-state index in [-0.39, 0.29) is 18.2 Å². The van der Waals surface area contributed by atoms with Gasteiger partial charge in [0, 0.05) is 37.2 Å². The quantitative estimate of drug-likeness (QED) is 0.913. The first-order valence-corrected chi connectivity index (χ1v) is 7.00. The number of hydrogen-bond donors (Lipinski definition) is 1. The Labute approximate surface area is 125 Å². The van der Waals surface area contributed by atoms with Gasteiger partial charge in [-0.05, 0) is 24.1 Å². The summed E-state index contributed by atoms with van der Waals surface area (Å²) in [5.74, 6) is -0.265. The smallest absolute Gasteiger partial charge is 0.124 e. The lowest BCUT2D eigenvalue weighted by molar-refractivity contribution is 0.164. The highest BCUT2D eigenvalue weighted by molar-refractivity contribution is 6.31. The Morgan fingerprint density at radius 1 is 1.37 bits per heavy atom. The van der Waals surface area contributed by atoms with Crippen LogP contribution in [0.15, 0.2) is 18.2 Å². The van der Waals surface area contributed by atoms with Crippen molar-refractivity contribution in [2.45, 2.75) is 25.8 Å². The zero-order chi connectivity index (χ0) is 13.0. The molecule has 0 unspecified atom stereocenters. The SMILES string of the molecule is CCC[C@@H](c1ccc(F)cc1Cl)N1CCNCC1.Cl. The molecule has 1 aliphatic heterocycles. The number of nitrogens with zero attached hydrogens (tertiary/aromatic N) is 1. The predicted molar refractivity (Wildman–Crippen MR) is 80.7 cm³/mol. The number of hydrogen-bond acceptors (Lipinski definition) is 2. The van der Waals surface area contributed by atoms with Crippen molar-refractivity contribution in [1.29, 1.82) is 0 Å². The highest BCUT2D eigenvalue weighted by Crippen LogP contribution is 2.31. The molecule has 1 aliphatic rings. The standard InChI is InChI=1S/C14H20ClFN2.ClH/c1-2-3-14(18-8-6-17-7-9-18)12-5-4-11(16)10-13(12)15;/h4-5,10,14,17H,2-3,6-9H2,1H3;1H/t14-;/m0./s1. The van der Waals surface area contributed by atoms with Gasteiger partial charge < -0.3 is 5.32 Å². The van der Waals surface area contributed by atoms with Crippen molar-refractivity contribution < 1.29 is 4.39 Å². The summed E-state index contributed by atoms with van der Waals surface area (Å²) in [5.41, 5.74) is 1.06. The Morgan fingerprint density at radius 2 is 2.05 bits per heavy atom. The lowest BCUT2D eigenvalue weighted by atomic mass is 9.99. The van der Waals surface area contributed by atoms with Crippen LogP contribution in [0, 0.1) is 5.82 Å². The van der Waals surface area contributed by atoms with Gasteiger partial charge in [0.05, 0.1) is 0 Å². The van der Waals surface area contributed by atoms with E-state index in [2.05, 4.69) is 17.1 Å². The molecule has 1 aromatic rings. The van der Waals surface area contributed by atoms with Crippen LogP contribution in [0.4, 0.5) is 4.39 Å². The van der Waals surface area contributed by atoms with Crippen LogP contribution in [0.25, 0.3) is 0 Å². The largest absolute Gasteiger partial charge is 0.314 e. The monoisotopic (exact) mass is 306 g/mol. The molecule has 1 saturated heterocycles. The molecule has 2 rings (SSSR count). The molecule has 5 heteroatoms. The Kier molecular flexibility index (Phi) is 7.08. The Bertz CT molecular complexity index is 395. The van der Waals surface area contributed by atoms with Gasteiger partial charge >= 0.3 is 0 Å². The molecule has 2 nitrogen and oxygen atoms in total. The van der Waals surface area contributed by atoms with Gasteiger partial charge in [-0.3, -0.25) is 4.90 Å². The molecule has 1 heterocycles. The second kappa shape index (κ2) is 8.05. The third-order valence-electron chi connectivity index (χ3n) is 3.48. The number of nitrogens with one attached hydrogen (secondary N) is 1. The zero-order valence-corrected chi connectivity index (χ0v) is 12.7. The Morgan fingerprint density at radius 3 is 2.63 bits per heavy atom. The van der Waals surface area contributed by atoms with Crippen LogP contribution in [-0.2, 0) is 0 Å². The van der Waals surface area contributed by atoms with E-state index in [4.69, 9.17) is 11.6 Å². The minimum atomic E-state index is -0.265. The molecule has 0 radical (unpaired) electrons. The van der Waals surface area contributed by atoms with Crippen molar-refractivity contribution in [1.82, 2.24) is 10.2 Å². The number of rotatable bonds is 4. The minimum Gasteiger partial charge on any atom is -0.314 e. The van der Waals surface area contributed by atoms with Crippen molar-refractivity contribution in [3.8, 4) is 0 Å². The van der Waals surface area contributed by atoms with Crippen LogP contribution in [0.2, 0.25) is 5.02 Å². The van der Waals surface area contributed by atoms with Gasteiger partial charge in [-0.15, -0.1) is 12.4 Å². The highest BCUT2D eigenvalue weighted by atomic mass is 35.5.